The summed E-state index contributed by atoms with van der Waals surface area (Å²) >= 11 is 1.32. The predicted octanol–water partition coefficient (Wildman–Crippen LogP) is 1.96. The van der Waals surface area contributed by atoms with Crippen LogP contribution in [0, 0.1) is 0 Å². The summed E-state index contributed by atoms with van der Waals surface area (Å²) in [5.74, 6) is 0.539. The lowest BCUT2D eigenvalue weighted by Crippen LogP contribution is -2.25. The van der Waals surface area contributed by atoms with Gasteiger partial charge in [-0.15, -0.1) is 0 Å². The molecular weight excluding hydrogens is 388 g/mol. The number of rotatable bonds is 8. The average molecular weight is 408 g/mol. The Labute approximate surface area is 172 Å². The van der Waals surface area contributed by atoms with Gasteiger partial charge in [0.15, 0.2) is 11.5 Å². The highest BCUT2D eigenvalue weighted by atomic mass is 32.2. The second kappa shape index (κ2) is 8.87. The summed E-state index contributed by atoms with van der Waals surface area (Å²) in [6.45, 7) is 0.494. The van der Waals surface area contributed by atoms with E-state index in [1.54, 1.807) is 18.3 Å². The highest BCUT2D eigenvalue weighted by molar-refractivity contribution is 7.99. The maximum atomic E-state index is 12.1. The van der Waals surface area contributed by atoms with Gasteiger partial charge in [0.05, 0.1) is 5.75 Å². The van der Waals surface area contributed by atoms with Gasteiger partial charge >= 0.3 is 0 Å². The second-order valence-corrected chi connectivity index (χ2v) is 7.65. The van der Waals surface area contributed by atoms with Crippen LogP contribution in [0.3, 0.4) is 0 Å². The first-order valence-electron chi connectivity index (χ1n) is 9.30. The first-order chi connectivity index (χ1) is 14.2. The molecule has 29 heavy (non-hydrogen) atoms. The Morgan fingerprint density at radius 1 is 1.14 bits per heavy atom. The number of benzene rings is 1. The van der Waals surface area contributed by atoms with Gasteiger partial charge in [0.2, 0.25) is 5.91 Å². The van der Waals surface area contributed by atoms with Crippen LogP contribution < -0.4 is 10.6 Å². The molecular formula is C20H20N6O2S. The molecule has 2 aromatic heterocycles. The Kier molecular flexibility index (Phi) is 5.85. The van der Waals surface area contributed by atoms with Gasteiger partial charge < -0.3 is 10.6 Å². The van der Waals surface area contributed by atoms with Crippen molar-refractivity contribution < 1.29 is 9.59 Å². The Hall–Kier alpha value is -3.20. The molecule has 4 rings (SSSR count). The number of nitrogens with one attached hydrogen (secondary N) is 2. The lowest BCUT2D eigenvalue weighted by atomic mass is 10.2. The highest BCUT2D eigenvalue weighted by Crippen LogP contribution is 2.19. The van der Waals surface area contributed by atoms with Gasteiger partial charge in [-0.1, -0.05) is 42.1 Å². The molecule has 2 N–H and O–H groups in total. The van der Waals surface area contributed by atoms with Crippen LogP contribution in [0.1, 0.15) is 28.9 Å². The van der Waals surface area contributed by atoms with Crippen molar-refractivity contribution in [3.8, 4) is 5.82 Å². The average Bonchev–Trinajstić information content (AvgIpc) is 3.42. The van der Waals surface area contributed by atoms with Crippen LogP contribution in [0.4, 0.5) is 0 Å². The minimum absolute atomic E-state index is 0.0721. The van der Waals surface area contributed by atoms with Gasteiger partial charge in [0.1, 0.15) is 11.4 Å². The number of thioether (sulfide) groups is 1. The number of amides is 2. The van der Waals surface area contributed by atoms with Crippen molar-refractivity contribution in [1.82, 2.24) is 30.4 Å². The molecule has 1 aliphatic rings. The minimum Gasteiger partial charge on any atom is -0.351 e. The third kappa shape index (κ3) is 5.41. The van der Waals surface area contributed by atoms with Crippen LogP contribution in [0.25, 0.3) is 5.82 Å². The van der Waals surface area contributed by atoms with E-state index < -0.39 is 0 Å². The zero-order valence-electron chi connectivity index (χ0n) is 15.6. The van der Waals surface area contributed by atoms with E-state index in [0.29, 0.717) is 23.1 Å². The number of hydrogen-bond donors (Lipinski definition) is 2. The summed E-state index contributed by atoms with van der Waals surface area (Å²) in [6, 6.07) is 13.4. The molecule has 0 saturated heterocycles. The van der Waals surface area contributed by atoms with Gasteiger partial charge in [0, 0.05) is 24.8 Å². The molecule has 1 aromatic carbocycles. The number of carbonyl (C=O) groups excluding carboxylic acids is 2. The van der Waals surface area contributed by atoms with E-state index >= 15 is 0 Å². The quantitative estimate of drug-likeness (QED) is 0.436. The van der Waals surface area contributed by atoms with Gasteiger partial charge in [0.25, 0.3) is 5.91 Å². The normalized spacial score (nSPS) is 13.1. The van der Waals surface area contributed by atoms with Gasteiger partial charge in [-0.25, -0.2) is 14.6 Å². The zero-order valence-corrected chi connectivity index (χ0v) is 16.4. The number of carbonyl (C=O) groups is 2. The minimum atomic E-state index is -0.176. The fourth-order valence-electron chi connectivity index (χ4n) is 2.58. The molecule has 9 heteroatoms. The molecule has 8 nitrogen and oxygen atoms in total. The van der Waals surface area contributed by atoms with E-state index in [-0.39, 0.29) is 23.6 Å². The Morgan fingerprint density at radius 2 is 1.97 bits per heavy atom. The van der Waals surface area contributed by atoms with Crippen LogP contribution in [-0.4, -0.2) is 43.4 Å². The van der Waals surface area contributed by atoms with E-state index in [9.17, 15) is 9.59 Å². The number of hydrogen-bond acceptors (Lipinski definition) is 6. The van der Waals surface area contributed by atoms with Crippen molar-refractivity contribution in [2.24, 2.45) is 0 Å². The van der Waals surface area contributed by atoms with Crippen molar-refractivity contribution in [2.75, 3.05) is 5.75 Å². The van der Waals surface area contributed by atoms with Crippen LogP contribution >= 0.6 is 11.8 Å². The van der Waals surface area contributed by atoms with Crippen LogP contribution in [0.5, 0.6) is 0 Å². The standard InChI is InChI=1S/C20H20N6O2S/c27-18(21-11-14-4-2-1-3-5-14)12-29-19-10-17(22-13-23-19)26-9-8-16(25-26)20(28)24-15-6-7-15/h1-5,8-10,13,15H,6-7,11-12H2,(H,21,27)(H,24,28). The largest absolute Gasteiger partial charge is 0.351 e. The van der Waals surface area contributed by atoms with Crippen LogP contribution in [0.15, 0.2) is 60.0 Å². The molecule has 2 heterocycles. The summed E-state index contributed by atoms with van der Waals surface area (Å²) in [7, 11) is 0. The maximum absolute atomic E-state index is 12.1. The van der Waals surface area contributed by atoms with Crippen molar-refractivity contribution in [3.05, 3.63) is 66.2 Å². The summed E-state index contributed by atoms with van der Waals surface area (Å²) in [5, 5.41) is 10.7. The third-order valence-electron chi connectivity index (χ3n) is 4.28. The SMILES string of the molecule is O=C(CSc1cc(-n2ccc(C(=O)NC3CC3)n2)ncn1)NCc1ccccc1. The van der Waals surface area contributed by atoms with E-state index in [1.165, 1.54) is 22.8 Å². The molecule has 2 amide bonds. The van der Waals surface area contributed by atoms with Crippen molar-refractivity contribution in [3.63, 3.8) is 0 Å². The summed E-state index contributed by atoms with van der Waals surface area (Å²) < 4.78 is 1.53. The van der Waals surface area contributed by atoms with Gasteiger partial charge in [-0.3, -0.25) is 9.59 Å². The molecule has 148 valence electrons. The maximum Gasteiger partial charge on any atom is 0.272 e. The predicted molar refractivity (Wildman–Crippen MR) is 109 cm³/mol. The molecule has 0 radical (unpaired) electrons. The highest BCUT2D eigenvalue weighted by Gasteiger charge is 2.24. The lowest BCUT2D eigenvalue weighted by molar-refractivity contribution is -0.118. The molecule has 1 saturated carbocycles. The van der Waals surface area contributed by atoms with Gasteiger partial charge in [-0.2, -0.15) is 5.10 Å². The topological polar surface area (TPSA) is 102 Å². The molecule has 0 unspecified atom stereocenters. The van der Waals surface area contributed by atoms with Crippen molar-refractivity contribution in [1.29, 1.82) is 0 Å². The molecule has 0 bridgehead atoms. The van der Waals surface area contributed by atoms with E-state index in [4.69, 9.17) is 0 Å². The molecule has 1 aliphatic carbocycles. The summed E-state index contributed by atoms with van der Waals surface area (Å²) in [5.41, 5.74) is 1.40. The zero-order chi connectivity index (χ0) is 20.1. The second-order valence-electron chi connectivity index (χ2n) is 6.66. The van der Waals surface area contributed by atoms with Gasteiger partial charge in [-0.05, 0) is 24.5 Å². The Balaban J connectivity index is 1.32. The smallest absolute Gasteiger partial charge is 0.272 e. The van der Waals surface area contributed by atoms with E-state index in [1.807, 2.05) is 30.3 Å². The van der Waals surface area contributed by atoms with Crippen molar-refractivity contribution >= 4 is 23.6 Å². The number of aromatic nitrogens is 4. The van der Waals surface area contributed by atoms with Crippen molar-refractivity contribution in [2.45, 2.75) is 30.5 Å². The van der Waals surface area contributed by atoms with E-state index in [2.05, 4.69) is 25.7 Å². The van der Waals surface area contributed by atoms with Crippen LogP contribution in [-0.2, 0) is 11.3 Å². The molecule has 0 atom stereocenters. The molecule has 0 spiro atoms. The lowest BCUT2D eigenvalue weighted by Gasteiger charge is -2.06. The number of nitrogens with zero attached hydrogens (tertiary/aromatic N) is 4. The monoisotopic (exact) mass is 408 g/mol. The fraction of sp³-hybridized carbons (Fsp3) is 0.250. The first kappa shape index (κ1) is 19.1. The van der Waals surface area contributed by atoms with E-state index in [0.717, 1.165) is 18.4 Å². The summed E-state index contributed by atoms with van der Waals surface area (Å²) in [4.78, 5) is 32.6. The molecule has 1 fully saturated rings. The molecule has 3 aromatic rings. The fourth-order valence-corrected chi connectivity index (χ4v) is 3.27. The molecule has 0 aliphatic heterocycles. The first-order valence-corrected chi connectivity index (χ1v) is 10.3. The van der Waals surface area contributed by atoms with Crippen LogP contribution in [0.2, 0.25) is 0 Å². The summed E-state index contributed by atoms with van der Waals surface area (Å²) in [6.07, 6.45) is 5.16. The Morgan fingerprint density at radius 3 is 2.76 bits per heavy atom. The Bertz CT molecular complexity index is 1000. The third-order valence-corrected chi connectivity index (χ3v) is 5.21.